The van der Waals surface area contributed by atoms with Gasteiger partial charge in [-0.2, -0.15) is 0 Å². The Labute approximate surface area is 91.1 Å². The molecule has 0 spiro atoms. The van der Waals surface area contributed by atoms with E-state index in [0.29, 0.717) is 0 Å². The van der Waals surface area contributed by atoms with E-state index in [0.717, 1.165) is 19.3 Å². The molecule has 0 heterocycles. The standard InChI is InChI=1S/C11H21NO3/c1-4-5-6-8(2)11(15)12-9(3)7-10(13)14/h8-9H,4-7H2,1-3H3,(H,12,15)(H,13,14). The van der Waals surface area contributed by atoms with Gasteiger partial charge in [0.15, 0.2) is 0 Å². The quantitative estimate of drug-likeness (QED) is 0.680. The normalized spacial score (nSPS) is 14.3. The van der Waals surface area contributed by atoms with Crippen LogP contribution >= 0.6 is 0 Å². The SMILES string of the molecule is CCCCC(C)C(=O)NC(C)CC(=O)O. The van der Waals surface area contributed by atoms with Gasteiger partial charge in [-0.05, 0) is 13.3 Å². The van der Waals surface area contributed by atoms with Crippen molar-refractivity contribution in [1.29, 1.82) is 0 Å². The van der Waals surface area contributed by atoms with E-state index in [1.54, 1.807) is 6.92 Å². The lowest BCUT2D eigenvalue weighted by Crippen LogP contribution is -2.37. The molecule has 4 heteroatoms. The van der Waals surface area contributed by atoms with Crippen LogP contribution in [0.4, 0.5) is 0 Å². The molecule has 15 heavy (non-hydrogen) atoms. The molecular weight excluding hydrogens is 194 g/mol. The molecule has 2 N–H and O–H groups in total. The van der Waals surface area contributed by atoms with Crippen LogP contribution in [0.2, 0.25) is 0 Å². The number of carbonyl (C=O) groups is 2. The van der Waals surface area contributed by atoms with Crippen molar-refractivity contribution in [3.8, 4) is 0 Å². The van der Waals surface area contributed by atoms with Gasteiger partial charge in [0.2, 0.25) is 5.91 Å². The Kier molecular flexibility index (Phi) is 6.75. The summed E-state index contributed by atoms with van der Waals surface area (Å²) < 4.78 is 0. The van der Waals surface area contributed by atoms with Crippen molar-refractivity contribution >= 4 is 11.9 Å². The van der Waals surface area contributed by atoms with Gasteiger partial charge in [0, 0.05) is 12.0 Å². The highest BCUT2D eigenvalue weighted by Gasteiger charge is 2.15. The van der Waals surface area contributed by atoms with Crippen molar-refractivity contribution in [2.45, 2.75) is 52.5 Å². The van der Waals surface area contributed by atoms with Crippen molar-refractivity contribution in [2.24, 2.45) is 5.92 Å². The third-order valence-electron chi connectivity index (χ3n) is 2.31. The van der Waals surface area contributed by atoms with Crippen LogP contribution in [0.1, 0.15) is 46.5 Å². The zero-order valence-corrected chi connectivity index (χ0v) is 9.75. The van der Waals surface area contributed by atoms with E-state index in [4.69, 9.17) is 5.11 Å². The molecule has 88 valence electrons. The van der Waals surface area contributed by atoms with Gasteiger partial charge in [-0.3, -0.25) is 9.59 Å². The van der Waals surface area contributed by atoms with Crippen LogP contribution in [-0.4, -0.2) is 23.0 Å². The van der Waals surface area contributed by atoms with Crippen LogP contribution in [0.25, 0.3) is 0 Å². The van der Waals surface area contributed by atoms with E-state index < -0.39 is 5.97 Å². The highest BCUT2D eigenvalue weighted by atomic mass is 16.4. The largest absolute Gasteiger partial charge is 0.481 e. The number of carboxylic acids is 1. The minimum absolute atomic E-state index is 0.0216. The number of carboxylic acid groups (broad SMARTS) is 1. The Morgan fingerprint density at radius 1 is 1.33 bits per heavy atom. The molecule has 1 amide bonds. The van der Waals surface area contributed by atoms with E-state index in [1.165, 1.54) is 0 Å². The number of unbranched alkanes of at least 4 members (excludes halogenated alkanes) is 1. The van der Waals surface area contributed by atoms with Crippen molar-refractivity contribution in [3.05, 3.63) is 0 Å². The maximum atomic E-state index is 11.5. The summed E-state index contributed by atoms with van der Waals surface area (Å²) in [7, 11) is 0. The molecule has 0 saturated heterocycles. The lowest BCUT2D eigenvalue weighted by Gasteiger charge is -2.15. The Morgan fingerprint density at radius 2 is 1.93 bits per heavy atom. The number of amides is 1. The van der Waals surface area contributed by atoms with Crippen molar-refractivity contribution in [2.75, 3.05) is 0 Å². The Morgan fingerprint density at radius 3 is 2.40 bits per heavy atom. The number of hydrogen-bond donors (Lipinski definition) is 2. The fraction of sp³-hybridized carbons (Fsp3) is 0.818. The Hall–Kier alpha value is -1.06. The zero-order chi connectivity index (χ0) is 11.8. The number of carbonyl (C=O) groups excluding carboxylic acids is 1. The summed E-state index contributed by atoms with van der Waals surface area (Å²) in [4.78, 5) is 21.9. The fourth-order valence-corrected chi connectivity index (χ4v) is 1.34. The van der Waals surface area contributed by atoms with Crippen LogP contribution < -0.4 is 5.32 Å². The van der Waals surface area contributed by atoms with Gasteiger partial charge in [-0.1, -0.05) is 26.7 Å². The number of nitrogens with one attached hydrogen (secondary N) is 1. The van der Waals surface area contributed by atoms with Gasteiger partial charge in [0.05, 0.1) is 6.42 Å². The molecule has 0 saturated carbocycles. The van der Waals surface area contributed by atoms with E-state index in [1.807, 2.05) is 6.92 Å². The average molecular weight is 215 g/mol. The van der Waals surface area contributed by atoms with Crippen LogP contribution in [0, 0.1) is 5.92 Å². The molecule has 2 atom stereocenters. The van der Waals surface area contributed by atoms with Crippen molar-refractivity contribution in [3.63, 3.8) is 0 Å². The molecule has 0 radical (unpaired) electrons. The molecule has 0 aromatic carbocycles. The summed E-state index contributed by atoms with van der Waals surface area (Å²) in [5, 5.41) is 11.2. The number of rotatable bonds is 7. The van der Waals surface area contributed by atoms with Crippen LogP contribution in [-0.2, 0) is 9.59 Å². The van der Waals surface area contributed by atoms with E-state index in [2.05, 4.69) is 12.2 Å². The van der Waals surface area contributed by atoms with Crippen LogP contribution in [0.5, 0.6) is 0 Å². The monoisotopic (exact) mass is 215 g/mol. The first-order chi connectivity index (χ1) is 6.97. The maximum Gasteiger partial charge on any atom is 0.305 e. The van der Waals surface area contributed by atoms with Crippen molar-refractivity contribution < 1.29 is 14.7 Å². The van der Waals surface area contributed by atoms with Gasteiger partial charge >= 0.3 is 5.97 Å². The average Bonchev–Trinajstić information content (AvgIpc) is 2.12. The lowest BCUT2D eigenvalue weighted by atomic mass is 10.0. The molecular formula is C11H21NO3. The number of aliphatic carboxylic acids is 1. The fourth-order valence-electron chi connectivity index (χ4n) is 1.34. The molecule has 2 unspecified atom stereocenters. The summed E-state index contributed by atoms with van der Waals surface area (Å²) >= 11 is 0. The first kappa shape index (κ1) is 13.9. The Balaban J connectivity index is 3.85. The van der Waals surface area contributed by atoms with E-state index in [-0.39, 0.29) is 24.3 Å². The van der Waals surface area contributed by atoms with Crippen LogP contribution in [0.15, 0.2) is 0 Å². The third kappa shape index (κ3) is 6.94. The summed E-state index contributed by atoms with van der Waals surface area (Å²) in [5.41, 5.74) is 0. The Bertz CT molecular complexity index is 216. The summed E-state index contributed by atoms with van der Waals surface area (Å²) in [6.07, 6.45) is 2.94. The number of hydrogen-bond acceptors (Lipinski definition) is 2. The molecule has 0 aromatic rings. The molecule has 0 fully saturated rings. The van der Waals surface area contributed by atoms with Gasteiger partial charge in [0.1, 0.15) is 0 Å². The first-order valence-corrected chi connectivity index (χ1v) is 5.49. The molecule has 0 aliphatic carbocycles. The van der Waals surface area contributed by atoms with Gasteiger partial charge in [0.25, 0.3) is 0 Å². The molecule has 0 rings (SSSR count). The smallest absolute Gasteiger partial charge is 0.305 e. The molecule has 0 aliphatic heterocycles. The van der Waals surface area contributed by atoms with Gasteiger partial charge in [-0.15, -0.1) is 0 Å². The predicted molar refractivity (Wildman–Crippen MR) is 58.5 cm³/mol. The minimum Gasteiger partial charge on any atom is -0.481 e. The third-order valence-corrected chi connectivity index (χ3v) is 2.31. The lowest BCUT2D eigenvalue weighted by molar-refractivity contribution is -0.137. The second-order valence-corrected chi connectivity index (χ2v) is 4.05. The minimum atomic E-state index is -0.885. The van der Waals surface area contributed by atoms with Gasteiger partial charge in [-0.25, -0.2) is 0 Å². The molecule has 0 bridgehead atoms. The highest BCUT2D eigenvalue weighted by molar-refractivity contribution is 5.79. The van der Waals surface area contributed by atoms with Crippen molar-refractivity contribution in [1.82, 2.24) is 5.32 Å². The summed E-state index contributed by atoms with van der Waals surface area (Å²) in [5.74, 6) is -0.956. The topological polar surface area (TPSA) is 66.4 Å². The van der Waals surface area contributed by atoms with E-state index >= 15 is 0 Å². The molecule has 0 aliphatic rings. The van der Waals surface area contributed by atoms with E-state index in [9.17, 15) is 9.59 Å². The highest BCUT2D eigenvalue weighted by Crippen LogP contribution is 2.08. The molecule has 0 aromatic heterocycles. The second-order valence-electron chi connectivity index (χ2n) is 4.05. The summed E-state index contributed by atoms with van der Waals surface area (Å²) in [6.45, 7) is 5.66. The predicted octanol–water partition coefficient (Wildman–Crippen LogP) is 1.79. The summed E-state index contributed by atoms with van der Waals surface area (Å²) in [6, 6.07) is -0.293. The maximum absolute atomic E-state index is 11.5. The first-order valence-electron chi connectivity index (χ1n) is 5.49. The van der Waals surface area contributed by atoms with Gasteiger partial charge < -0.3 is 10.4 Å². The van der Waals surface area contributed by atoms with Crippen LogP contribution in [0.3, 0.4) is 0 Å². The molecule has 4 nitrogen and oxygen atoms in total. The second kappa shape index (κ2) is 7.26. The zero-order valence-electron chi connectivity index (χ0n) is 9.75.